The van der Waals surface area contributed by atoms with Gasteiger partial charge in [0.25, 0.3) is 0 Å². The number of aromatic nitrogens is 1. The minimum atomic E-state index is -0.106. The van der Waals surface area contributed by atoms with Crippen molar-refractivity contribution in [1.82, 2.24) is 5.16 Å². The molecular formula is C11H8ClNO2. The molecule has 1 aromatic carbocycles. The molecule has 0 N–H and O–H groups in total. The van der Waals surface area contributed by atoms with E-state index in [4.69, 9.17) is 16.1 Å². The summed E-state index contributed by atoms with van der Waals surface area (Å²) in [7, 11) is 0. The first-order chi connectivity index (χ1) is 7.18. The van der Waals surface area contributed by atoms with E-state index in [1.165, 1.54) is 6.20 Å². The number of carbonyl (C=O) groups is 1. The van der Waals surface area contributed by atoms with Gasteiger partial charge >= 0.3 is 0 Å². The highest BCUT2D eigenvalue weighted by molar-refractivity contribution is 6.30. The fourth-order valence-corrected chi connectivity index (χ4v) is 1.40. The third-order valence-electron chi connectivity index (χ3n) is 2.10. The molecule has 0 aliphatic carbocycles. The van der Waals surface area contributed by atoms with Gasteiger partial charge < -0.3 is 4.52 Å². The number of rotatable bonds is 2. The first-order valence-electron chi connectivity index (χ1n) is 4.40. The molecule has 0 amide bonds. The van der Waals surface area contributed by atoms with E-state index in [-0.39, 0.29) is 5.78 Å². The van der Waals surface area contributed by atoms with Crippen molar-refractivity contribution in [3.8, 4) is 0 Å². The molecule has 0 fully saturated rings. The Balaban J connectivity index is 2.37. The number of hydrogen-bond donors (Lipinski definition) is 0. The third kappa shape index (κ3) is 1.92. The quantitative estimate of drug-likeness (QED) is 0.733. The Kier molecular flexibility index (Phi) is 2.56. The minimum Gasteiger partial charge on any atom is -0.361 e. The van der Waals surface area contributed by atoms with Crippen molar-refractivity contribution in [1.29, 1.82) is 0 Å². The summed E-state index contributed by atoms with van der Waals surface area (Å²) < 4.78 is 4.83. The Hall–Kier alpha value is -1.61. The minimum absolute atomic E-state index is 0.106. The van der Waals surface area contributed by atoms with E-state index in [1.54, 1.807) is 31.2 Å². The van der Waals surface area contributed by atoms with Crippen LogP contribution in [-0.4, -0.2) is 10.9 Å². The molecule has 4 heteroatoms. The Morgan fingerprint density at radius 3 is 2.53 bits per heavy atom. The number of halogens is 1. The van der Waals surface area contributed by atoms with Crippen LogP contribution in [0.5, 0.6) is 0 Å². The molecule has 0 unspecified atom stereocenters. The predicted molar refractivity (Wildman–Crippen MR) is 56.1 cm³/mol. The van der Waals surface area contributed by atoms with E-state index in [9.17, 15) is 4.79 Å². The fraction of sp³-hybridized carbons (Fsp3) is 0.0909. The first kappa shape index (κ1) is 9.93. The predicted octanol–water partition coefficient (Wildman–Crippen LogP) is 2.87. The Labute approximate surface area is 91.6 Å². The molecule has 0 saturated carbocycles. The monoisotopic (exact) mass is 221 g/mol. The van der Waals surface area contributed by atoms with Crippen molar-refractivity contribution in [2.24, 2.45) is 0 Å². The average molecular weight is 222 g/mol. The number of ketones is 1. The van der Waals surface area contributed by atoms with E-state index in [2.05, 4.69) is 5.16 Å². The number of nitrogens with zero attached hydrogens (tertiary/aromatic N) is 1. The molecule has 2 rings (SSSR count). The summed E-state index contributed by atoms with van der Waals surface area (Å²) in [6.07, 6.45) is 1.42. The molecule has 1 aromatic heterocycles. The van der Waals surface area contributed by atoms with Crippen molar-refractivity contribution < 1.29 is 9.32 Å². The second kappa shape index (κ2) is 3.87. The Morgan fingerprint density at radius 2 is 2.00 bits per heavy atom. The van der Waals surface area contributed by atoms with Crippen LogP contribution in [0.1, 0.15) is 21.7 Å². The molecule has 76 valence electrons. The Morgan fingerprint density at radius 1 is 1.33 bits per heavy atom. The van der Waals surface area contributed by atoms with Crippen LogP contribution in [0.3, 0.4) is 0 Å². The maximum atomic E-state index is 11.9. The van der Waals surface area contributed by atoms with Crippen LogP contribution >= 0.6 is 11.6 Å². The summed E-state index contributed by atoms with van der Waals surface area (Å²) in [5.41, 5.74) is 1.06. The van der Waals surface area contributed by atoms with Gasteiger partial charge in [-0.25, -0.2) is 0 Å². The van der Waals surface area contributed by atoms with Gasteiger partial charge in [-0.15, -0.1) is 0 Å². The lowest BCUT2D eigenvalue weighted by Gasteiger charge is -1.98. The lowest BCUT2D eigenvalue weighted by Crippen LogP contribution is -2.00. The van der Waals surface area contributed by atoms with E-state index in [0.29, 0.717) is 21.9 Å². The van der Waals surface area contributed by atoms with Gasteiger partial charge in [-0.3, -0.25) is 4.79 Å². The molecule has 0 saturated heterocycles. The summed E-state index contributed by atoms with van der Waals surface area (Å²) in [6, 6.07) is 6.71. The zero-order valence-corrected chi connectivity index (χ0v) is 8.78. The van der Waals surface area contributed by atoms with Crippen molar-refractivity contribution in [2.45, 2.75) is 6.92 Å². The van der Waals surface area contributed by atoms with Crippen LogP contribution in [0.15, 0.2) is 35.0 Å². The molecule has 0 atom stereocenters. The zero-order chi connectivity index (χ0) is 10.8. The normalized spacial score (nSPS) is 10.3. The summed E-state index contributed by atoms with van der Waals surface area (Å²) in [4.78, 5) is 11.9. The summed E-state index contributed by atoms with van der Waals surface area (Å²) in [6.45, 7) is 1.70. The molecule has 0 aliphatic rings. The summed E-state index contributed by atoms with van der Waals surface area (Å²) >= 11 is 5.73. The van der Waals surface area contributed by atoms with E-state index in [1.807, 2.05) is 0 Å². The molecule has 3 nitrogen and oxygen atoms in total. The van der Waals surface area contributed by atoms with Gasteiger partial charge in [0.05, 0.1) is 11.8 Å². The van der Waals surface area contributed by atoms with Gasteiger partial charge in [0, 0.05) is 10.6 Å². The number of aryl methyl sites for hydroxylation is 1. The van der Waals surface area contributed by atoms with Crippen LogP contribution in [0.2, 0.25) is 5.02 Å². The van der Waals surface area contributed by atoms with Gasteiger partial charge in [0.1, 0.15) is 5.76 Å². The number of hydrogen-bond acceptors (Lipinski definition) is 3. The SMILES string of the molecule is Cc1oncc1C(=O)c1ccc(Cl)cc1. The summed E-state index contributed by atoms with van der Waals surface area (Å²) in [5.74, 6) is 0.417. The fourth-order valence-electron chi connectivity index (χ4n) is 1.27. The third-order valence-corrected chi connectivity index (χ3v) is 2.35. The smallest absolute Gasteiger partial charge is 0.198 e. The second-order valence-corrected chi connectivity index (χ2v) is 3.57. The molecular weight excluding hydrogens is 214 g/mol. The topological polar surface area (TPSA) is 43.1 Å². The molecule has 0 aliphatic heterocycles. The maximum absolute atomic E-state index is 11.9. The number of benzene rings is 1. The average Bonchev–Trinajstić information content (AvgIpc) is 2.65. The van der Waals surface area contributed by atoms with Crippen LogP contribution in [-0.2, 0) is 0 Å². The first-order valence-corrected chi connectivity index (χ1v) is 4.78. The molecule has 1 heterocycles. The van der Waals surface area contributed by atoms with Crippen LogP contribution in [0, 0.1) is 6.92 Å². The highest BCUT2D eigenvalue weighted by Crippen LogP contribution is 2.15. The van der Waals surface area contributed by atoms with Crippen LogP contribution < -0.4 is 0 Å². The van der Waals surface area contributed by atoms with E-state index < -0.39 is 0 Å². The van der Waals surface area contributed by atoms with E-state index >= 15 is 0 Å². The standard InChI is InChI=1S/C11H8ClNO2/c1-7-10(6-13-15-7)11(14)8-2-4-9(12)5-3-8/h2-6H,1H3. The van der Waals surface area contributed by atoms with Crippen molar-refractivity contribution in [3.05, 3.63) is 52.4 Å². The van der Waals surface area contributed by atoms with Gasteiger partial charge in [-0.2, -0.15) is 0 Å². The van der Waals surface area contributed by atoms with Crippen LogP contribution in [0.4, 0.5) is 0 Å². The lowest BCUT2D eigenvalue weighted by atomic mass is 10.1. The zero-order valence-electron chi connectivity index (χ0n) is 8.03. The van der Waals surface area contributed by atoms with Crippen molar-refractivity contribution in [3.63, 3.8) is 0 Å². The highest BCUT2D eigenvalue weighted by Gasteiger charge is 2.14. The molecule has 0 radical (unpaired) electrons. The van der Waals surface area contributed by atoms with Crippen LogP contribution in [0.25, 0.3) is 0 Å². The van der Waals surface area contributed by atoms with Gasteiger partial charge in [0.15, 0.2) is 5.78 Å². The van der Waals surface area contributed by atoms with Gasteiger partial charge in [-0.1, -0.05) is 16.8 Å². The highest BCUT2D eigenvalue weighted by atomic mass is 35.5. The lowest BCUT2D eigenvalue weighted by molar-refractivity contribution is 0.103. The molecule has 15 heavy (non-hydrogen) atoms. The Bertz CT molecular complexity index is 488. The molecule has 0 bridgehead atoms. The maximum Gasteiger partial charge on any atom is 0.198 e. The number of carbonyl (C=O) groups excluding carboxylic acids is 1. The molecule has 0 spiro atoms. The largest absolute Gasteiger partial charge is 0.361 e. The molecule has 2 aromatic rings. The van der Waals surface area contributed by atoms with E-state index in [0.717, 1.165) is 0 Å². The van der Waals surface area contributed by atoms with Crippen molar-refractivity contribution >= 4 is 17.4 Å². The van der Waals surface area contributed by atoms with Crippen molar-refractivity contribution in [2.75, 3.05) is 0 Å². The summed E-state index contributed by atoms with van der Waals surface area (Å²) in [5, 5.41) is 4.17. The van der Waals surface area contributed by atoms with Gasteiger partial charge in [0.2, 0.25) is 0 Å². The second-order valence-electron chi connectivity index (χ2n) is 3.13. The van der Waals surface area contributed by atoms with Gasteiger partial charge in [-0.05, 0) is 31.2 Å².